The van der Waals surface area contributed by atoms with Gasteiger partial charge in [-0.05, 0) is 47.0 Å². The molecular formula is C25H22N4O3S. The van der Waals surface area contributed by atoms with Crippen LogP contribution in [0.15, 0.2) is 84.8 Å². The second kappa shape index (κ2) is 10.5. The summed E-state index contributed by atoms with van der Waals surface area (Å²) >= 11 is 1.51. The molecule has 166 valence electrons. The minimum Gasteiger partial charge on any atom is -0.465 e. The number of amides is 2. The van der Waals surface area contributed by atoms with Gasteiger partial charge in [0.25, 0.3) is 0 Å². The van der Waals surface area contributed by atoms with E-state index in [0.29, 0.717) is 18.7 Å². The Balaban J connectivity index is 1.73. The molecule has 2 amide bonds. The van der Waals surface area contributed by atoms with Crippen molar-refractivity contribution in [3.8, 4) is 0 Å². The van der Waals surface area contributed by atoms with E-state index >= 15 is 0 Å². The van der Waals surface area contributed by atoms with Gasteiger partial charge in [0.1, 0.15) is 0 Å². The van der Waals surface area contributed by atoms with Crippen molar-refractivity contribution < 1.29 is 14.7 Å². The molecule has 0 aliphatic rings. The van der Waals surface area contributed by atoms with Crippen LogP contribution in [-0.4, -0.2) is 27.1 Å². The number of aromatic nitrogens is 2. The van der Waals surface area contributed by atoms with E-state index < -0.39 is 6.09 Å². The van der Waals surface area contributed by atoms with Gasteiger partial charge in [-0.3, -0.25) is 20.1 Å². The van der Waals surface area contributed by atoms with Crippen LogP contribution in [0.4, 0.5) is 16.2 Å². The number of pyridine rings is 1. The zero-order valence-corrected chi connectivity index (χ0v) is 18.5. The van der Waals surface area contributed by atoms with Gasteiger partial charge >= 0.3 is 6.09 Å². The number of carbonyl (C=O) groups excluding carboxylic acids is 1. The number of carboxylic acid groups (broad SMARTS) is 1. The molecule has 0 aliphatic carbocycles. The Morgan fingerprint density at radius 2 is 1.76 bits per heavy atom. The quantitative estimate of drug-likeness (QED) is 0.388. The molecule has 0 bridgehead atoms. The highest BCUT2D eigenvalue weighted by atomic mass is 32.1. The highest BCUT2D eigenvalue weighted by Gasteiger charge is 2.21. The molecule has 0 saturated carbocycles. The van der Waals surface area contributed by atoms with Gasteiger partial charge in [-0.15, -0.1) is 11.3 Å². The van der Waals surface area contributed by atoms with E-state index in [9.17, 15) is 9.59 Å². The highest BCUT2D eigenvalue weighted by Crippen LogP contribution is 2.30. The molecule has 0 aliphatic heterocycles. The molecule has 4 rings (SSSR count). The Morgan fingerprint density at radius 3 is 2.45 bits per heavy atom. The number of carbonyl (C=O) groups is 2. The van der Waals surface area contributed by atoms with Gasteiger partial charge in [0.15, 0.2) is 0 Å². The van der Waals surface area contributed by atoms with Gasteiger partial charge in [-0.25, -0.2) is 4.79 Å². The normalized spacial score (nSPS) is 10.5. The van der Waals surface area contributed by atoms with E-state index in [1.54, 1.807) is 47.2 Å². The number of anilines is 2. The average Bonchev–Trinajstić information content (AvgIpc) is 3.32. The summed E-state index contributed by atoms with van der Waals surface area (Å²) < 4.78 is 0. The topological polar surface area (TPSA) is 95.4 Å². The minimum atomic E-state index is -1.14. The second-order valence-corrected chi connectivity index (χ2v) is 8.39. The molecule has 0 radical (unpaired) electrons. The number of rotatable bonds is 8. The number of benzene rings is 2. The van der Waals surface area contributed by atoms with E-state index in [4.69, 9.17) is 5.11 Å². The Kier molecular flexibility index (Phi) is 7.06. The Hall–Kier alpha value is -4.04. The fraction of sp³-hybridized carbons (Fsp3) is 0.120. The maximum absolute atomic E-state index is 13.5. The van der Waals surface area contributed by atoms with Crippen molar-refractivity contribution in [2.45, 2.75) is 19.4 Å². The summed E-state index contributed by atoms with van der Waals surface area (Å²) in [5.74, 6) is -0.0606. The van der Waals surface area contributed by atoms with Crippen LogP contribution < -0.4 is 10.2 Å². The zero-order chi connectivity index (χ0) is 23.0. The van der Waals surface area contributed by atoms with Gasteiger partial charge in [0, 0.05) is 41.3 Å². The third-order valence-corrected chi connectivity index (χ3v) is 5.84. The Labute approximate surface area is 195 Å². The first kappa shape index (κ1) is 22.2. The Morgan fingerprint density at radius 1 is 0.970 bits per heavy atom. The highest BCUT2D eigenvalue weighted by molar-refractivity contribution is 7.09. The van der Waals surface area contributed by atoms with E-state index in [-0.39, 0.29) is 12.3 Å². The van der Waals surface area contributed by atoms with E-state index in [0.717, 1.165) is 27.3 Å². The van der Waals surface area contributed by atoms with Crippen molar-refractivity contribution in [2.75, 3.05) is 10.2 Å². The van der Waals surface area contributed by atoms with Crippen molar-refractivity contribution in [1.29, 1.82) is 0 Å². The predicted octanol–water partition coefficient (Wildman–Crippen LogP) is 4.99. The van der Waals surface area contributed by atoms with Crippen LogP contribution in [0.1, 0.15) is 21.6 Å². The second-order valence-electron chi connectivity index (χ2n) is 7.42. The lowest BCUT2D eigenvalue weighted by Crippen LogP contribution is -2.32. The van der Waals surface area contributed by atoms with Crippen LogP contribution in [0.25, 0.3) is 0 Å². The largest absolute Gasteiger partial charge is 0.465 e. The number of hydrogen-bond donors (Lipinski definition) is 2. The summed E-state index contributed by atoms with van der Waals surface area (Å²) in [5.41, 5.74) is 5.65. The maximum Gasteiger partial charge on any atom is 0.409 e. The number of nitrogens with zero attached hydrogens (tertiary/aromatic N) is 3. The van der Waals surface area contributed by atoms with Gasteiger partial charge in [-0.2, -0.15) is 0 Å². The SMILES string of the molecule is O=C(O)Nc1ccc(N(Cc2ccccc2)C(=O)Cc2ccncc2)c(Cc2cncs2)c1. The molecule has 2 aromatic carbocycles. The number of thiazole rings is 1. The van der Waals surface area contributed by atoms with Crippen molar-refractivity contribution >= 4 is 34.7 Å². The molecule has 8 heteroatoms. The maximum atomic E-state index is 13.5. The van der Waals surface area contributed by atoms with Crippen molar-refractivity contribution in [1.82, 2.24) is 9.97 Å². The molecule has 0 saturated heterocycles. The summed E-state index contributed by atoms with van der Waals surface area (Å²) in [6, 6.07) is 18.7. The Bertz CT molecular complexity index is 1220. The summed E-state index contributed by atoms with van der Waals surface area (Å²) in [5, 5.41) is 11.6. The lowest BCUT2D eigenvalue weighted by molar-refractivity contribution is -0.118. The van der Waals surface area contributed by atoms with Crippen LogP contribution in [0.2, 0.25) is 0 Å². The van der Waals surface area contributed by atoms with Gasteiger partial charge < -0.3 is 10.0 Å². The summed E-state index contributed by atoms with van der Waals surface area (Å²) in [4.78, 5) is 35.7. The van der Waals surface area contributed by atoms with Crippen molar-refractivity contribution in [2.24, 2.45) is 0 Å². The number of hydrogen-bond acceptors (Lipinski definition) is 5. The molecule has 0 unspecified atom stereocenters. The van der Waals surface area contributed by atoms with Crippen molar-refractivity contribution in [3.05, 3.63) is 106 Å². The fourth-order valence-corrected chi connectivity index (χ4v) is 4.17. The molecule has 0 atom stereocenters. The molecule has 2 heterocycles. The molecule has 0 fully saturated rings. The summed E-state index contributed by atoms with van der Waals surface area (Å²) in [7, 11) is 0. The van der Waals surface area contributed by atoms with E-state index in [1.165, 1.54) is 11.3 Å². The van der Waals surface area contributed by atoms with E-state index in [1.807, 2.05) is 42.5 Å². The predicted molar refractivity (Wildman–Crippen MR) is 129 cm³/mol. The lowest BCUT2D eigenvalue weighted by Gasteiger charge is -2.26. The molecule has 4 aromatic rings. The average molecular weight is 459 g/mol. The van der Waals surface area contributed by atoms with Gasteiger partial charge in [0.05, 0.1) is 18.5 Å². The van der Waals surface area contributed by atoms with Crippen molar-refractivity contribution in [3.63, 3.8) is 0 Å². The van der Waals surface area contributed by atoms with E-state index in [2.05, 4.69) is 15.3 Å². The van der Waals surface area contributed by atoms with Gasteiger partial charge in [-0.1, -0.05) is 30.3 Å². The molecule has 2 aromatic heterocycles. The standard InChI is InChI=1S/C25H22N4O3S/c30-24(12-18-8-10-26-11-9-18)29(16-19-4-2-1-3-5-19)23-7-6-21(28-25(31)32)13-20(23)14-22-15-27-17-33-22/h1-11,13,15,17,28H,12,14,16H2,(H,31,32). The molecule has 0 spiro atoms. The van der Waals surface area contributed by atoms with Gasteiger partial charge in [0.2, 0.25) is 5.91 Å². The lowest BCUT2D eigenvalue weighted by atomic mass is 10.0. The molecule has 33 heavy (non-hydrogen) atoms. The number of nitrogens with one attached hydrogen (secondary N) is 1. The van der Waals surface area contributed by atoms with Crippen LogP contribution >= 0.6 is 11.3 Å². The van der Waals surface area contributed by atoms with Crippen LogP contribution in [0.3, 0.4) is 0 Å². The fourth-order valence-electron chi connectivity index (χ4n) is 3.55. The van der Waals surface area contributed by atoms with Crippen LogP contribution in [-0.2, 0) is 24.2 Å². The third kappa shape index (κ3) is 6.02. The third-order valence-electron chi connectivity index (χ3n) is 5.06. The minimum absolute atomic E-state index is 0.0606. The molecular weight excluding hydrogens is 436 g/mol. The van der Waals surface area contributed by atoms with Crippen LogP contribution in [0, 0.1) is 0 Å². The summed E-state index contributed by atoms with van der Waals surface area (Å²) in [6.07, 6.45) is 4.75. The molecule has 2 N–H and O–H groups in total. The smallest absolute Gasteiger partial charge is 0.409 e. The zero-order valence-electron chi connectivity index (χ0n) is 17.7. The molecule has 7 nitrogen and oxygen atoms in total. The van der Waals surface area contributed by atoms with Crippen LogP contribution in [0.5, 0.6) is 0 Å². The first-order chi connectivity index (χ1) is 16.1. The monoisotopic (exact) mass is 458 g/mol. The summed E-state index contributed by atoms with van der Waals surface area (Å²) in [6.45, 7) is 0.395. The first-order valence-electron chi connectivity index (χ1n) is 10.3. The first-order valence-corrected chi connectivity index (χ1v) is 11.2.